The molecular formula is C13H14N2O2. The molecule has 4 nitrogen and oxygen atoms in total. The van der Waals surface area contributed by atoms with Gasteiger partial charge in [-0.15, -0.1) is 0 Å². The molecule has 1 aliphatic rings. The molecule has 1 heterocycles. The van der Waals surface area contributed by atoms with Crippen molar-refractivity contribution in [3.63, 3.8) is 0 Å². The van der Waals surface area contributed by atoms with Crippen LogP contribution in [0, 0.1) is 17.3 Å². The summed E-state index contributed by atoms with van der Waals surface area (Å²) in [5.74, 6) is 5.00. The first-order valence-electron chi connectivity index (χ1n) is 5.74. The zero-order valence-electron chi connectivity index (χ0n) is 9.52. The molecule has 1 aromatic heterocycles. The van der Waals surface area contributed by atoms with Gasteiger partial charge in [-0.25, -0.2) is 9.97 Å². The zero-order chi connectivity index (χ0) is 12.1. The van der Waals surface area contributed by atoms with E-state index in [9.17, 15) is 9.90 Å². The number of nitrogens with zero attached hydrogens (tertiary/aromatic N) is 2. The van der Waals surface area contributed by atoms with Crippen LogP contribution in [0.1, 0.15) is 37.7 Å². The lowest BCUT2D eigenvalue weighted by molar-refractivity contribution is -0.146. The van der Waals surface area contributed by atoms with Crippen LogP contribution in [0.25, 0.3) is 0 Å². The summed E-state index contributed by atoms with van der Waals surface area (Å²) in [6.07, 6.45) is 8.88. The average molecular weight is 230 g/mol. The topological polar surface area (TPSA) is 63.1 Å². The SMILES string of the molecule is O=C(O)C1(C#Cc2cncnc2)CCCCC1. The van der Waals surface area contributed by atoms with Gasteiger partial charge in [0.1, 0.15) is 11.7 Å². The molecule has 4 heteroatoms. The number of hydrogen-bond acceptors (Lipinski definition) is 3. The standard InChI is InChI=1S/C13H14N2O2/c16-12(17)13(5-2-1-3-6-13)7-4-11-8-14-10-15-9-11/h8-10H,1-3,5-6H2,(H,16,17). The molecule has 0 aromatic carbocycles. The Hall–Kier alpha value is -1.89. The van der Waals surface area contributed by atoms with Crippen LogP contribution >= 0.6 is 0 Å². The molecule has 0 aliphatic heterocycles. The number of carboxylic acid groups (broad SMARTS) is 1. The van der Waals surface area contributed by atoms with Gasteiger partial charge in [0, 0.05) is 12.4 Å². The van der Waals surface area contributed by atoms with Crippen molar-refractivity contribution in [3.8, 4) is 11.8 Å². The number of rotatable bonds is 1. The van der Waals surface area contributed by atoms with E-state index in [0.717, 1.165) is 19.3 Å². The Morgan fingerprint density at radius 3 is 2.47 bits per heavy atom. The molecule has 0 radical (unpaired) electrons. The lowest BCUT2D eigenvalue weighted by atomic mass is 9.74. The van der Waals surface area contributed by atoms with Crippen molar-refractivity contribution in [1.82, 2.24) is 9.97 Å². The van der Waals surface area contributed by atoms with Crippen LogP contribution in [0.4, 0.5) is 0 Å². The van der Waals surface area contributed by atoms with Crippen LogP contribution in [-0.2, 0) is 4.79 Å². The highest BCUT2D eigenvalue weighted by molar-refractivity contribution is 5.79. The summed E-state index contributed by atoms with van der Waals surface area (Å²) in [7, 11) is 0. The van der Waals surface area contributed by atoms with E-state index < -0.39 is 11.4 Å². The normalized spacial score (nSPS) is 17.9. The van der Waals surface area contributed by atoms with Crippen molar-refractivity contribution in [3.05, 3.63) is 24.3 Å². The van der Waals surface area contributed by atoms with Crippen molar-refractivity contribution < 1.29 is 9.90 Å². The Morgan fingerprint density at radius 1 is 1.24 bits per heavy atom. The third-order valence-corrected chi connectivity index (χ3v) is 3.12. The summed E-state index contributed by atoms with van der Waals surface area (Å²) >= 11 is 0. The number of aliphatic carboxylic acids is 1. The molecule has 0 unspecified atom stereocenters. The van der Waals surface area contributed by atoms with Crippen molar-refractivity contribution in [1.29, 1.82) is 0 Å². The third kappa shape index (κ3) is 2.62. The van der Waals surface area contributed by atoms with Crippen LogP contribution in [0.15, 0.2) is 18.7 Å². The van der Waals surface area contributed by atoms with Crippen LogP contribution in [0.2, 0.25) is 0 Å². The Morgan fingerprint density at radius 2 is 1.88 bits per heavy atom. The quantitative estimate of drug-likeness (QED) is 0.748. The molecule has 0 saturated heterocycles. The van der Waals surface area contributed by atoms with Crippen molar-refractivity contribution >= 4 is 5.97 Å². The number of carbonyl (C=O) groups is 1. The van der Waals surface area contributed by atoms with E-state index >= 15 is 0 Å². The maximum atomic E-state index is 11.4. The fraction of sp³-hybridized carbons (Fsp3) is 0.462. The molecule has 0 spiro atoms. The van der Waals surface area contributed by atoms with Gasteiger partial charge in [-0.3, -0.25) is 4.79 Å². The molecular weight excluding hydrogens is 216 g/mol. The Bertz CT molecular complexity index is 453. The van der Waals surface area contributed by atoms with Gasteiger partial charge in [-0.05, 0) is 12.8 Å². The van der Waals surface area contributed by atoms with E-state index in [1.165, 1.54) is 6.33 Å². The number of aromatic nitrogens is 2. The third-order valence-electron chi connectivity index (χ3n) is 3.12. The predicted octanol–water partition coefficient (Wildman–Crippen LogP) is 1.86. The van der Waals surface area contributed by atoms with E-state index in [2.05, 4.69) is 21.8 Å². The van der Waals surface area contributed by atoms with E-state index in [1.54, 1.807) is 12.4 Å². The van der Waals surface area contributed by atoms with Gasteiger partial charge in [0.2, 0.25) is 0 Å². The lowest BCUT2D eigenvalue weighted by Gasteiger charge is -2.27. The molecule has 1 N–H and O–H groups in total. The minimum atomic E-state index is -0.867. The van der Waals surface area contributed by atoms with Gasteiger partial charge in [0.25, 0.3) is 0 Å². The van der Waals surface area contributed by atoms with Gasteiger partial charge < -0.3 is 5.11 Å². The smallest absolute Gasteiger partial charge is 0.321 e. The van der Waals surface area contributed by atoms with Crippen LogP contribution < -0.4 is 0 Å². The second-order valence-electron chi connectivity index (χ2n) is 4.33. The van der Waals surface area contributed by atoms with E-state index in [-0.39, 0.29) is 0 Å². The predicted molar refractivity (Wildman–Crippen MR) is 62.1 cm³/mol. The first kappa shape index (κ1) is 11.6. The Balaban J connectivity index is 2.24. The van der Waals surface area contributed by atoms with E-state index in [1.807, 2.05) is 0 Å². The first-order chi connectivity index (χ1) is 8.23. The molecule has 88 valence electrons. The molecule has 1 saturated carbocycles. The molecule has 0 bridgehead atoms. The molecule has 1 aliphatic carbocycles. The lowest BCUT2D eigenvalue weighted by Crippen LogP contribution is -2.31. The zero-order valence-corrected chi connectivity index (χ0v) is 9.52. The monoisotopic (exact) mass is 230 g/mol. The summed E-state index contributed by atoms with van der Waals surface area (Å²) in [4.78, 5) is 19.1. The van der Waals surface area contributed by atoms with Gasteiger partial charge in [-0.2, -0.15) is 0 Å². The highest BCUT2D eigenvalue weighted by Crippen LogP contribution is 2.35. The second-order valence-corrected chi connectivity index (χ2v) is 4.33. The maximum absolute atomic E-state index is 11.4. The average Bonchev–Trinajstić information content (AvgIpc) is 2.38. The van der Waals surface area contributed by atoms with Gasteiger partial charge >= 0.3 is 5.97 Å². The summed E-state index contributed by atoms with van der Waals surface area (Å²) in [5.41, 5.74) is -0.202. The Labute approximate surface area is 100 Å². The second kappa shape index (κ2) is 4.96. The molecule has 2 rings (SSSR count). The van der Waals surface area contributed by atoms with Gasteiger partial charge in [0.05, 0.1) is 5.56 Å². The highest BCUT2D eigenvalue weighted by atomic mass is 16.4. The number of carboxylic acids is 1. The van der Waals surface area contributed by atoms with E-state index in [4.69, 9.17) is 0 Å². The largest absolute Gasteiger partial charge is 0.480 e. The molecule has 17 heavy (non-hydrogen) atoms. The molecule has 1 fully saturated rings. The molecule has 1 aromatic rings. The van der Waals surface area contributed by atoms with Crippen LogP contribution in [-0.4, -0.2) is 21.0 Å². The van der Waals surface area contributed by atoms with E-state index in [0.29, 0.717) is 18.4 Å². The maximum Gasteiger partial charge on any atom is 0.321 e. The summed E-state index contributed by atoms with van der Waals surface area (Å²) < 4.78 is 0. The minimum absolute atomic E-state index is 0.642. The summed E-state index contributed by atoms with van der Waals surface area (Å²) in [5, 5.41) is 9.33. The minimum Gasteiger partial charge on any atom is -0.480 e. The van der Waals surface area contributed by atoms with Crippen molar-refractivity contribution in [2.45, 2.75) is 32.1 Å². The summed E-state index contributed by atoms with van der Waals surface area (Å²) in [6, 6.07) is 0. The van der Waals surface area contributed by atoms with Gasteiger partial charge in [-0.1, -0.05) is 31.1 Å². The fourth-order valence-electron chi connectivity index (χ4n) is 2.10. The fourth-order valence-corrected chi connectivity index (χ4v) is 2.10. The number of hydrogen-bond donors (Lipinski definition) is 1. The highest BCUT2D eigenvalue weighted by Gasteiger charge is 2.37. The van der Waals surface area contributed by atoms with Crippen molar-refractivity contribution in [2.75, 3.05) is 0 Å². The first-order valence-corrected chi connectivity index (χ1v) is 5.74. The van der Waals surface area contributed by atoms with Crippen LogP contribution in [0.3, 0.4) is 0 Å². The van der Waals surface area contributed by atoms with Crippen molar-refractivity contribution in [2.24, 2.45) is 5.41 Å². The van der Waals surface area contributed by atoms with Crippen LogP contribution in [0.5, 0.6) is 0 Å². The molecule has 0 amide bonds. The Kier molecular flexibility index (Phi) is 3.38. The van der Waals surface area contributed by atoms with Gasteiger partial charge in [0.15, 0.2) is 0 Å². The molecule has 0 atom stereocenters. The summed E-state index contributed by atoms with van der Waals surface area (Å²) in [6.45, 7) is 0.